The van der Waals surface area contributed by atoms with Gasteiger partial charge in [0.15, 0.2) is 0 Å². The Labute approximate surface area is 191 Å². The van der Waals surface area contributed by atoms with E-state index < -0.39 is 11.6 Å². The number of nitrogens with zero attached hydrogens (tertiary/aromatic N) is 2. The van der Waals surface area contributed by atoms with Crippen LogP contribution in [0.15, 0.2) is 60.7 Å². The van der Waals surface area contributed by atoms with Gasteiger partial charge in [-0.25, -0.2) is 0 Å². The summed E-state index contributed by atoms with van der Waals surface area (Å²) in [6.07, 6.45) is 0.606. The van der Waals surface area contributed by atoms with Crippen LogP contribution in [0, 0.1) is 0 Å². The van der Waals surface area contributed by atoms with Crippen molar-refractivity contribution in [2.45, 2.75) is 58.0 Å². The fourth-order valence-electron chi connectivity index (χ4n) is 4.14. The van der Waals surface area contributed by atoms with Crippen molar-refractivity contribution in [3.63, 3.8) is 0 Å². The summed E-state index contributed by atoms with van der Waals surface area (Å²) in [5.74, 6) is -0.449. The van der Waals surface area contributed by atoms with E-state index in [4.69, 9.17) is 9.47 Å². The highest BCUT2D eigenvalue weighted by atomic mass is 16.6. The molecule has 0 N–H and O–H groups in total. The highest BCUT2D eigenvalue weighted by Gasteiger charge is 2.43. The Morgan fingerprint density at radius 2 is 1.53 bits per heavy atom. The predicted octanol–water partition coefficient (Wildman–Crippen LogP) is 3.65. The lowest BCUT2D eigenvalue weighted by Crippen LogP contribution is -2.45. The fraction of sp³-hybridized carbons (Fsp3) is 0.462. The molecule has 1 saturated heterocycles. The molecule has 6 heteroatoms. The molecule has 6 nitrogen and oxygen atoms in total. The van der Waals surface area contributed by atoms with Crippen LogP contribution < -0.4 is 0 Å². The Balaban J connectivity index is 1.82. The molecular formula is C26H34N2O4. The summed E-state index contributed by atoms with van der Waals surface area (Å²) in [7, 11) is 1.62. The third kappa shape index (κ3) is 6.65. The zero-order chi connectivity index (χ0) is 23.1. The number of carbonyl (C=O) groups is 2. The van der Waals surface area contributed by atoms with Gasteiger partial charge in [-0.2, -0.15) is 0 Å². The first-order valence-corrected chi connectivity index (χ1v) is 11.1. The van der Waals surface area contributed by atoms with Gasteiger partial charge in [0.25, 0.3) is 0 Å². The molecule has 0 aromatic heterocycles. The molecule has 0 bridgehead atoms. The second kappa shape index (κ2) is 10.7. The quantitative estimate of drug-likeness (QED) is 0.560. The third-order valence-corrected chi connectivity index (χ3v) is 5.48. The molecule has 2 atom stereocenters. The van der Waals surface area contributed by atoms with Crippen molar-refractivity contribution < 1.29 is 19.1 Å². The zero-order valence-electron chi connectivity index (χ0n) is 19.5. The minimum Gasteiger partial charge on any atom is -0.459 e. The van der Waals surface area contributed by atoms with E-state index in [9.17, 15) is 9.59 Å². The molecular weight excluding hydrogens is 404 g/mol. The molecule has 0 aliphatic carbocycles. The van der Waals surface area contributed by atoms with Gasteiger partial charge in [0, 0.05) is 20.2 Å². The molecule has 172 valence electrons. The van der Waals surface area contributed by atoms with E-state index in [0.717, 1.165) is 11.1 Å². The maximum Gasteiger partial charge on any atom is 0.326 e. The van der Waals surface area contributed by atoms with Gasteiger partial charge in [-0.1, -0.05) is 60.7 Å². The van der Waals surface area contributed by atoms with Crippen LogP contribution >= 0.6 is 0 Å². The molecule has 0 spiro atoms. The molecule has 1 fully saturated rings. The van der Waals surface area contributed by atoms with Crippen molar-refractivity contribution >= 4 is 11.9 Å². The summed E-state index contributed by atoms with van der Waals surface area (Å²) in [5.41, 5.74) is 1.69. The molecule has 2 aromatic carbocycles. The van der Waals surface area contributed by atoms with E-state index in [2.05, 4.69) is 29.2 Å². The normalized spacial score (nSPS) is 18.9. The van der Waals surface area contributed by atoms with E-state index in [1.54, 1.807) is 12.0 Å². The molecule has 1 aliphatic rings. The Morgan fingerprint density at radius 3 is 2.00 bits per heavy atom. The molecule has 1 heterocycles. The minimum atomic E-state index is -0.595. The first kappa shape index (κ1) is 24.0. The summed E-state index contributed by atoms with van der Waals surface area (Å²) in [4.78, 5) is 29.9. The van der Waals surface area contributed by atoms with Crippen LogP contribution in [0.4, 0.5) is 0 Å². The van der Waals surface area contributed by atoms with Gasteiger partial charge >= 0.3 is 5.97 Å². The summed E-state index contributed by atoms with van der Waals surface area (Å²) in [6, 6.07) is 19.8. The Kier molecular flexibility index (Phi) is 8.04. The number of rotatable bonds is 9. The molecule has 0 unspecified atom stereocenters. The van der Waals surface area contributed by atoms with Crippen LogP contribution in [0.3, 0.4) is 0 Å². The Bertz CT molecular complexity index is 838. The molecule has 1 amide bonds. The summed E-state index contributed by atoms with van der Waals surface area (Å²) < 4.78 is 10.9. The van der Waals surface area contributed by atoms with Gasteiger partial charge in [-0.05, 0) is 38.3 Å². The Hall–Kier alpha value is -2.70. The summed E-state index contributed by atoms with van der Waals surface area (Å²) in [6.45, 7) is 7.09. The SMILES string of the molecule is COC[C@@H]1C[C@H](N(Cc2ccccc2)Cc2ccccc2)C(=O)N1CC(=O)OC(C)(C)C. The van der Waals surface area contributed by atoms with E-state index in [1.807, 2.05) is 57.2 Å². The molecule has 32 heavy (non-hydrogen) atoms. The second-order valence-corrected chi connectivity index (χ2v) is 9.29. The molecule has 0 radical (unpaired) electrons. The number of methoxy groups -OCH3 is 1. The van der Waals surface area contributed by atoms with Gasteiger partial charge in [0.05, 0.1) is 18.7 Å². The van der Waals surface area contributed by atoms with Gasteiger partial charge < -0.3 is 14.4 Å². The highest BCUT2D eigenvalue weighted by Crippen LogP contribution is 2.27. The largest absolute Gasteiger partial charge is 0.459 e. The van der Waals surface area contributed by atoms with Crippen LogP contribution in [-0.2, 0) is 32.2 Å². The summed E-state index contributed by atoms with van der Waals surface area (Å²) in [5, 5.41) is 0. The predicted molar refractivity (Wildman–Crippen MR) is 124 cm³/mol. The number of esters is 1. The lowest BCUT2D eigenvalue weighted by Gasteiger charge is -2.28. The number of carbonyl (C=O) groups excluding carboxylic acids is 2. The monoisotopic (exact) mass is 438 g/mol. The van der Waals surface area contributed by atoms with Crippen molar-refractivity contribution in [3.05, 3.63) is 71.8 Å². The van der Waals surface area contributed by atoms with E-state index in [0.29, 0.717) is 26.1 Å². The van der Waals surface area contributed by atoms with Crippen molar-refractivity contribution in [2.75, 3.05) is 20.3 Å². The Morgan fingerprint density at radius 1 is 1.00 bits per heavy atom. The van der Waals surface area contributed by atoms with Crippen molar-refractivity contribution in [1.82, 2.24) is 9.80 Å². The third-order valence-electron chi connectivity index (χ3n) is 5.48. The molecule has 2 aromatic rings. The van der Waals surface area contributed by atoms with E-state index >= 15 is 0 Å². The van der Waals surface area contributed by atoms with Gasteiger partial charge in [0.2, 0.25) is 5.91 Å². The summed E-state index contributed by atoms with van der Waals surface area (Å²) >= 11 is 0. The van der Waals surface area contributed by atoms with Gasteiger partial charge in [0.1, 0.15) is 12.1 Å². The highest BCUT2D eigenvalue weighted by molar-refractivity contribution is 5.88. The average Bonchev–Trinajstić information content (AvgIpc) is 3.03. The van der Waals surface area contributed by atoms with Crippen LogP contribution in [0.5, 0.6) is 0 Å². The first-order chi connectivity index (χ1) is 15.3. The molecule has 3 rings (SSSR count). The lowest BCUT2D eigenvalue weighted by atomic mass is 10.1. The van der Waals surface area contributed by atoms with Gasteiger partial charge in [-0.15, -0.1) is 0 Å². The standard InChI is InChI=1S/C26H34N2O4/c1-26(2,3)32-24(29)18-28-22(19-31-4)15-23(25(28)30)27(16-20-11-7-5-8-12-20)17-21-13-9-6-10-14-21/h5-14,22-23H,15-19H2,1-4H3/t22-,23-/m0/s1. The number of likely N-dealkylation sites (tertiary alicyclic amines) is 1. The minimum absolute atomic E-state index is 0.0511. The number of amides is 1. The average molecular weight is 439 g/mol. The van der Waals surface area contributed by atoms with Gasteiger partial charge in [-0.3, -0.25) is 14.5 Å². The van der Waals surface area contributed by atoms with Crippen LogP contribution in [0.2, 0.25) is 0 Å². The van der Waals surface area contributed by atoms with Crippen LogP contribution in [0.25, 0.3) is 0 Å². The van der Waals surface area contributed by atoms with E-state index in [1.165, 1.54) is 0 Å². The number of benzene rings is 2. The fourth-order valence-corrected chi connectivity index (χ4v) is 4.14. The molecule has 0 saturated carbocycles. The smallest absolute Gasteiger partial charge is 0.326 e. The molecule has 1 aliphatic heterocycles. The van der Waals surface area contributed by atoms with Crippen LogP contribution in [-0.4, -0.2) is 59.6 Å². The number of hydrogen-bond donors (Lipinski definition) is 0. The van der Waals surface area contributed by atoms with E-state index in [-0.39, 0.29) is 24.5 Å². The topological polar surface area (TPSA) is 59.1 Å². The number of ether oxygens (including phenoxy) is 2. The maximum atomic E-state index is 13.5. The lowest BCUT2D eigenvalue weighted by molar-refractivity contribution is -0.159. The van der Waals surface area contributed by atoms with Crippen LogP contribution in [0.1, 0.15) is 38.3 Å². The van der Waals surface area contributed by atoms with Crippen molar-refractivity contribution in [3.8, 4) is 0 Å². The van der Waals surface area contributed by atoms with Crippen molar-refractivity contribution in [1.29, 1.82) is 0 Å². The van der Waals surface area contributed by atoms with Crippen molar-refractivity contribution in [2.24, 2.45) is 0 Å². The zero-order valence-corrected chi connectivity index (χ0v) is 19.5. The maximum absolute atomic E-state index is 13.5. The first-order valence-electron chi connectivity index (χ1n) is 11.1. The second-order valence-electron chi connectivity index (χ2n) is 9.29. The number of hydrogen-bond acceptors (Lipinski definition) is 5.